The summed E-state index contributed by atoms with van der Waals surface area (Å²) in [5.74, 6) is -0.220. The molecule has 88 valence electrons. The topological polar surface area (TPSA) is 51.8 Å². The minimum atomic E-state index is -0.220. The molecule has 0 amide bonds. The van der Waals surface area contributed by atoms with E-state index in [-0.39, 0.29) is 11.9 Å². The summed E-state index contributed by atoms with van der Waals surface area (Å²) in [7, 11) is 0. The first-order valence-electron chi connectivity index (χ1n) is 5.42. The van der Waals surface area contributed by atoms with Gasteiger partial charge in [0.1, 0.15) is 12.1 Å². The van der Waals surface area contributed by atoms with Crippen molar-refractivity contribution in [2.75, 3.05) is 0 Å². The van der Waals surface area contributed by atoms with Gasteiger partial charge in [0.05, 0.1) is 0 Å². The van der Waals surface area contributed by atoms with Crippen LogP contribution in [0.5, 0.6) is 0 Å². The zero-order chi connectivity index (χ0) is 12.3. The van der Waals surface area contributed by atoms with Gasteiger partial charge in [0.2, 0.25) is 0 Å². The van der Waals surface area contributed by atoms with E-state index in [0.29, 0.717) is 6.42 Å². The Morgan fingerprint density at radius 3 is 2.65 bits per heavy atom. The van der Waals surface area contributed by atoms with Crippen LogP contribution in [-0.4, -0.2) is 9.97 Å². The fraction of sp³-hybridized carbons (Fsp3) is 0.231. The van der Waals surface area contributed by atoms with E-state index in [1.54, 1.807) is 18.5 Å². The van der Waals surface area contributed by atoms with Crippen LogP contribution in [0.1, 0.15) is 22.7 Å². The van der Waals surface area contributed by atoms with Gasteiger partial charge < -0.3 is 5.73 Å². The number of nitrogens with two attached hydrogens (primary N) is 1. The number of aromatic nitrogens is 2. The normalized spacial score (nSPS) is 12.4. The number of hydrogen-bond acceptors (Lipinski definition) is 3. The highest BCUT2D eigenvalue weighted by Gasteiger charge is 2.09. The average Bonchev–Trinajstić information content (AvgIpc) is 2.34. The lowest BCUT2D eigenvalue weighted by Gasteiger charge is -2.13. The van der Waals surface area contributed by atoms with Crippen molar-refractivity contribution in [2.45, 2.75) is 19.4 Å². The summed E-state index contributed by atoms with van der Waals surface area (Å²) in [6, 6.07) is 4.58. The van der Waals surface area contributed by atoms with E-state index in [1.807, 2.05) is 6.92 Å². The first-order valence-corrected chi connectivity index (χ1v) is 5.42. The van der Waals surface area contributed by atoms with Gasteiger partial charge >= 0.3 is 0 Å². The van der Waals surface area contributed by atoms with E-state index in [0.717, 1.165) is 16.7 Å². The maximum Gasteiger partial charge on any atom is 0.123 e. The largest absolute Gasteiger partial charge is 0.324 e. The van der Waals surface area contributed by atoms with Crippen LogP contribution in [0.3, 0.4) is 0 Å². The first kappa shape index (κ1) is 11.7. The highest BCUT2D eigenvalue weighted by molar-refractivity contribution is 5.28. The van der Waals surface area contributed by atoms with E-state index in [9.17, 15) is 4.39 Å². The van der Waals surface area contributed by atoms with Crippen LogP contribution >= 0.6 is 0 Å². The Balaban J connectivity index is 2.16. The number of rotatable bonds is 3. The van der Waals surface area contributed by atoms with E-state index in [1.165, 1.54) is 18.5 Å². The lowest BCUT2D eigenvalue weighted by atomic mass is 9.98. The van der Waals surface area contributed by atoms with E-state index in [2.05, 4.69) is 9.97 Å². The summed E-state index contributed by atoms with van der Waals surface area (Å²) < 4.78 is 13.0. The van der Waals surface area contributed by atoms with Crippen molar-refractivity contribution in [2.24, 2.45) is 5.73 Å². The fourth-order valence-electron chi connectivity index (χ4n) is 1.75. The molecule has 0 radical (unpaired) electrons. The molecule has 4 heteroatoms. The van der Waals surface area contributed by atoms with Crippen LogP contribution in [0.25, 0.3) is 0 Å². The number of aryl methyl sites for hydroxylation is 1. The Morgan fingerprint density at radius 2 is 2.00 bits per heavy atom. The van der Waals surface area contributed by atoms with Crippen molar-refractivity contribution < 1.29 is 4.39 Å². The number of halogens is 1. The van der Waals surface area contributed by atoms with Crippen molar-refractivity contribution in [3.8, 4) is 0 Å². The van der Waals surface area contributed by atoms with Crippen LogP contribution in [0.2, 0.25) is 0 Å². The van der Waals surface area contributed by atoms with Crippen molar-refractivity contribution >= 4 is 0 Å². The van der Waals surface area contributed by atoms with Gasteiger partial charge in [0.15, 0.2) is 0 Å². The Morgan fingerprint density at radius 1 is 1.29 bits per heavy atom. The molecule has 0 spiro atoms. The molecule has 1 aromatic carbocycles. The van der Waals surface area contributed by atoms with Crippen LogP contribution < -0.4 is 5.73 Å². The standard InChI is InChI=1S/C13H14FN3/c1-9-4-12(14)3-2-10(9)5-13(15)11-6-16-8-17-7-11/h2-4,6-8,13H,5,15H2,1H3. The van der Waals surface area contributed by atoms with Crippen LogP contribution in [0, 0.1) is 12.7 Å². The van der Waals surface area contributed by atoms with Gasteiger partial charge in [0.25, 0.3) is 0 Å². The molecule has 0 fully saturated rings. The summed E-state index contributed by atoms with van der Waals surface area (Å²) in [5.41, 5.74) is 8.90. The minimum absolute atomic E-state index is 0.166. The molecule has 0 aliphatic rings. The first-order chi connectivity index (χ1) is 8.16. The van der Waals surface area contributed by atoms with Gasteiger partial charge in [0, 0.05) is 24.0 Å². The second kappa shape index (κ2) is 5.01. The number of benzene rings is 1. The molecule has 1 heterocycles. The summed E-state index contributed by atoms with van der Waals surface area (Å²) >= 11 is 0. The number of hydrogen-bond donors (Lipinski definition) is 1. The molecule has 0 saturated heterocycles. The third kappa shape index (κ3) is 2.85. The summed E-state index contributed by atoms with van der Waals surface area (Å²) in [6.45, 7) is 1.88. The van der Waals surface area contributed by atoms with Gasteiger partial charge in [-0.3, -0.25) is 0 Å². The second-order valence-corrected chi connectivity index (χ2v) is 4.05. The highest BCUT2D eigenvalue weighted by Crippen LogP contribution is 2.18. The Hall–Kier alpha value is -1.81. The molecular weight excluding hydrogens is 217 g/mol. The van der Waals surface area contributed by atoms with Crippen molar-refractivity contribution in [3.05, 3.63) is 59.4 Å². The molecule has 17 heavy (non-hydrogen) atoms. The molecule has 2 rings (SSSR count). The van der Waals surface area contributed by atoms with Gasteiger partial charge in [-0.1, -0.05) is 6.07 Å². The average molecular weight is 231 g/mol. The molecule has 1 unspecified atom stereocenters. The molecule has 2 aromatic rings. The summed E-state index contributed by atoms with van der Waals surface area (Å²) in [4.78, 5) is 7.87. The molecule has 0 saturated carbocycles. The van der Waals surface area contributed by atoms with Crippen molar-refractivity contribution in [1.82, 2.24) is 9.97 Å². The molecule has 1 atom stereocenters. The number of nitrogens with zero attached hydrogens (tertiary/aromatic N) is 2. The third-order valence-corrected chi connectivity index (χ3v) is 2.75. The lowest BCUT2D eigenvalue weighted by Crippen LogP contribution is -2.14. The van der Waals surface area contributed by atoms with E-state index in [4.69, 9.17) is 5.73 Å². The van der Waals surface area contributed by atoms with Crippen LogP contribution in [0.15, 0.2) is 36.9 Å². The minimum Gasteiger partial charge on any atom is -0.324 e. The molecule has 3 nitrogen and oxygen atoms in total. The molecular formula is C13H14FN3. The Labute approximate surface area is 99.5 Å². The smallest absolute Gasteiger partial charge is 0.123 e. The molecule has 1 aromatic heterocycles. The Bertz CT molecular complexity index is 499. The second-order valence-electron chi connectivity index (χ2n) is 4.05. The predicted octanol–water partition coefficient (Wildman–Crippen LogP) is 2.17. The molecule has 0 aliphatic carbocycles. The maximum atomic E-state index is 13.0. The monoisotopic (exact) mass is 231 g/mol. The zero-order valence-electron chi connectivity index (χ0n) is 9.60. The van der Waals surface area contributed by atoms with Gasteiger partial charge in [-0.2, -0.15) is 0 Å². The van der Waals surface area contributed by atoms with E-state index >= 15 is 0 Å². The van der Waals surface area contributed by atoms with E-state index < -0.39 is 0 Å². The lowest BCUT2D eigenvalue weighted by molar-refractivity contribution is 0.623. The molecule has 0 bridgehead atoms. The third-order valence-electron chi connectivity index (χ3n) is 2.75. The van der Waals surface area contributed by atoms with Crippen LogP contribution in [0.4, 0.5) is 4.39 Å². The van der Waals surface area contributed by atoms with Crippen molar-refractivity contribution in [1.29, 1.82) is 0 Å². The van der Waals surface area contributed by atoms with Crippen LogP contribution in [-0.2, 0) is 6.42 Å². The molecule has 0 aliphatic heterocycles. The summed E-state index contributed by atoms with van der Waals surface area (Å²) in [5, 5.41) is 0. The predicted molar refractivity (Wildman–Crippen MR) is 63.8 cm³/mol. The van der Waals surface area contributed by atoms with Crippen molar-refractivity contribution in [3.63, 3.8) is 0 Å². The highest BCUT2D eigenvalue weighted by atomic mass is 19.1. The Kier molecular flexibility index (Phi) is 3.44. The van der Waals surface area contributed by atoms with Gasteiger partial charge in [-0.25, -0.2) is 14.4 Å². The SMILES string of the molecule is Cc1cc(F)ccc1CC(N)c1cncnc1. The van der Waals surface area contributed by atoms with Gasteiger partial charge in [-0.15, -0.1) is 0 Å². The summed E-state index contributed by atoms with van der Waals surface area (Å²) in [6.07, 6.45) is 5.53. The van der Waals surface area contributed by atoms with Gasteiger partial charge in [-0.05, 0) is 36.6 Å². The fourth-order valence-corrected chi connectivity index (χ4v) is 1.75. The maximum absolute atomic E-state index is 13.0. The zero-order valence-corrected chi connectivity index (χ0v) is 9.60. The molecule has 2 N–H and O–H groups in total. The quantitative estimate of drug-likeness (QED) is 0.880.